The summed E-state index contributed by atoms with van der Waals surface area (Å²) in [7, 11) is 0. The Morgan fingerprint density at radius 2 is 1.90 bits per heavy atom. The molecular formula is C22H28N4O3. The standard InChI is InChI=1S/C22H28N4O3/c27-20(25-14-15-26(21(28)16-25)18-10-5-2-6-11-18)13-7-12-19-23-22(24-29-19)17-8-3-1-4-9-17/h1,3-4,8-9,18H,2,5-7,10-16H2. The highest BCUT2D eigenvalue weighted by atomic mass is 16.5. The van der Waals surface area contributed by atoms with E-state index in [-0.39, 0.29) is 18.4 Å². The van der Waals surface area contributed by atoms with E-state index >= 15 is 0 Å². The Kier molecular flexibility index (Phi) is 6.22. The minimum atomic E-state index is 0.0319. The van der Waals surface area contributed by atoms with Crippen molar-refractivity contribution in [2.45, 2.75) is 57.4 Å². The predicted molar refractivity (Wildman–Crippen MR) is 108 cm³/mol. The third-order valence-corrected chi connectivity index (χ3v) is 5.91. The van der Waals surface area contributed by atoms with Crippen molar-refractivity contribution >= 4 is 11.8 Å². The molecule has 1 aromatic heterocycles. The molecule has 0 radical (unpaired) electrons. The molecule has 2 fully saturated rings. The summed E-state index contributed by atoms with van der Waals surface area (Å²) < 4.78 is 5.30. The van der Waals surface area contributed by atoms with Gasteiger partial charge in [0.2, 0.25) is 23.5 Å². The van der Waals surface area contributed by atoms with Crippen LogP contribution in [0.15, 0.2) is 34.9 Å². The average molecular weight is 396 g/mol. The lowest BCUT2D eigenvalue weighted by Gasteiger charge is -2.40. The van der Waals surface area contributed by atoms with Gasteiger partial charge in [-0.2, -0.15) is 4.98 Å². The van der Waals surface area contributed by atoms with Crippen LogP contribution in [0.4, 0.5) is 0 Å². The monoisotopic (exact) mass is 396 g/mol. The molecule has 0 bridgehead atoms. The van der Waals surface area contributed by atoms with Crippen molar-refractivity contribution in [2.24, 2.45) is 0 Å². The molecule has 1 aromatic carbocycles. The number of piperazine rings is 1. The summed E-state index contributed by atoms with van der Waals surface area (Å²) in [5.74, 6) is 1.23. The SMILES string of the molecule is O=C(CCCc1nc(-c2ccccc2)no1)N1CCN(C2CCCCC2)C(=O)C1. The minimum Gasteiger partial charge on any atom is -0.339 e. The first-order valence-electron chi connectivity index (χ1n) is 10.7. The molecule has 2 amide bonds. The van der Waals surface area contributed by atoms with E-state index < -0.39 is 0 Å². The lowest BCUT2D eigenvalue weighted by molar-refractivity contribution is -0.147. The normalized spacial score (nSPS) is 18.3. The van der Waals surface area contributed by atoms with Crippen molar-refractivity contribution in [3.8, 4) is 11.4 Å². The summed E-state index contributed by atoms with van der Waals surface area (Å²) in [4.78, 5) is 33.2. The molecular weight excluding hydrogens is 368 g/mol. The van der Waals surface area contributed by atoms with Crippen molar-refractivity contribution < 1.29 is 14.1 Å². The largest absolute Gasteiger partial charge is 0.339 e. The lowest BCUT2D eigenvalue weighted by atomic mass is 9.93. The summed E-state index contributed by atoms with van der Waals surface area (Å²) in [6.45, 7) is 1.52. The fraction of sp³-hybridized carbons (Fsp3) is 0.545. The lowest BCUT2D eigenvalue weighted by Crippen LogP contribution is -2.55. The molecule has 0 N–H and O–H groups in total. The second-order valence-electron chi connectivity index (χ2n) is 7.93. The molecule has 29 heavy (non-hydrogen) atoms. The Hall–Kier alpha value is -2.70. The van der Waals surface area contributed by atoms with Crippen molar-refractivity contribution in [3.05, 3.63) is 36.2 Å². The Morgan fingerprint density at radius 3 is 2.66 bits per heavy atom. The van der Waals surface area contributed by atoms with Crippen LogP contribution < -0.4 is 0 Å². The number of aryl methyl sites for hydroxylation is 1. The molecule has 154 valence electrons. The van der Waals surface area contributed by atoms with E-state index in [0.29, 0.717) is 50.1 Å². The number of benzene rings is 1. The quantitative estimate of drug-likeness (QED) is 0.750. The van der Waals surface area contributed by atoms with Gasteiger partial charge in [0.15, 0.2) is 0 Å². The van der Waals surface area contributed by atoms with Gasteiger partial charge in [0.05, 0.1) is 6.54 Å². The second-order valence-corrected chi connectivity index (χ2v) is 7.93. The van der Waals surface area contributed by atoms with Gasteiger partial charge in [0.1, 0.15) is 0 Å². The molecule has 0 spiro atoms. The van der Waals surface area contributed by atoms with Gasteiger partial charge < -0.3 is 14.3 Å². The number of carbonyl (C=O) groups excluding carboxylic acids is 2. The van der Waals surface area contributed by atoms with Crippen molar-refractivity contribution in [2.75, 3.05) is 19.6 Å². The third kappa shape index (κ3) is 4.83. The van der Waals surface area contributed by atoms with Crippen LogP contribution >= 0.6 is 0 Å². The molecule has 4 rings (SSSR count). The van der Waals surface area contributed by atoms with Gasteiger partial charge in [-0.25, -0.2) is 0 Å². The fourth-order valence-corrected chi connectivity index (χ4v) is 4.29. The second kappa shape index (κ2) is 9.20. The summed E-state index contributed by atoms with van der Waals surface area (Å²) in [5, 5.41) is 4.01. The topological polar surface area (TPSA) is 79.5 Å². The number of rotatable bonds is 6. The highest BCUT2D eigenvalue weighted by Gasteiger charge is 2.31. The Bertz CT molecular complexity index is 830. The molecule has 2 heterocycles. The summed E-state index contributed by atoms with van der Waals surface area (Å²) >= 11 is 0. The van der Waals surface area contributed by atoms with Crippen LogP contribution in [0, 0.1) is 0 Å². The molecule has 0 atom stereocenters. The van der Waals surface area contributed by atoms with Gasteiger partial charge in [-0.1, -0.05) is 54.8 Å². The van der Waals surface area contributed by atoms with E-state index in [9.17, 15) is 9.59 Å². The number of hydrogen-bond donors (Lipinski definition) is 0. The van der Waals surface area contributed by atoms with Crippen LogP contribution in [0.3, 0.4) is 0 Å². The van der Waals surface area contributed by atoms with E-state index in [1.165, 1.54) is 19.3 Å². The zero-order valence-corrected chi connectivity index (χ0v) is 16.8. The Morgan fingerprint density at radius 1 is 1.10 bits per heavy atom. The molecule has 7 heteroatoms. The molecule has 2 aromatic rings. The summed E-state index contributed by atoms with van der Waals surface area (Å²) in [6, 6.07) is 10.0. The zero-order valence-electron chi connectivity index (χ0n) is 16.8. The highest BCUT2D eigenvalue weighted by Crippen LogP contribution is 2.24. The van der Waals surface area contributed by atoms with Crippen molar-refractivity contribution in [1.82, 2.24) is 19.9 Å². The van der Waals surface area contributed by atoms with Gasteiger partial charge in [-0.3, -0.25) is 9.59 Å². The zero-order chi connectivity index (χ0) is 20.1. The summed E-state index contributed by atoms with van der Waals surface area (Å²) in [6.07, 6.45) is 7.48. The number of aromatic nitrogens is 2. The first-order valence-corrected chi connectivity index (χ1v) is 10.7. The van der Waals surface area contributed by atoms with E-state index in [0.717, 1.165) is 18.4 Å². The smallest absolute Gasteiger partial charge is 0.242 e. The number of nitrogens with zero attached hydrogens (tertiary/aromatic N) is 4. The van der Waals surface area contributed by atoms with Crippen LogP contribution in [0.5, 0.6) is 0 Å². The van der Waals surface area contributed by atoms with Crippen LogP contribution in [0.2, 0.25) is 0 Å². The molecule has 7 nitrogen and oxygen atoms in total. The van der Waals surface area contributed by atoms with Crippen molar-refractivity contribution in [3.63, 3.8) is 0 Å². The maximum Gasteiger partial charge on any atom is 0.242 e. The number of amides is 2. The van der Waals surface area contributed by atoms with Crippen molar-refractivity contribution in [1.29, 1.82) is 0 Å². The van der Waals surface area contributed by atoms with E-state index in [4.69, 9.17) is 4.52 Å². The van der Waals surface area contributed by atoms with E-state index in [1.54, 1.807) is 4.90 Å². The van der Waals surface area contributed by atoms with Crippen LogP contribution in [-0.2, 0) is 16.0 Å². The van der Waals surface area contributed by atoms with E-state index in [2.05, 4.69) is 10.1 Å². The molecule has 0 unspecified atom stereocenters. The van der Waals surface area contributed by atoms with Gasteiger partial charge >= 0.3 is 0 Å². The van der Waals surface area contributed by atoms with Crippen LogP contribution in [-0.4, -0.2) is 57.4 Å². The van der Waals surface area contributed by atoms with E-state index in [1.807, 2.05) is 35.2 Å². The van der Waals surface area contributed by atoms with Crippen LogP contribution in [0.1, 0.15) is 50.8 Å². The summed E-state index contributed by atoms with van der Waals surface area (Å²) in [5.41, 5.74) is 0.910. The van der Waals surface area contributed by atoms with Gasteiger partial charge in [-0.05, 0) is 19.3 Å². The predicted octanol–water partition coefficient (Wildman–Crippen LogP) is 3.06. The molecule has 2 aliphatic rings. The molecule has 1 aliphatic carbocycles. The molecule has 1 saturated carbocycles. The minimum absolute atomic E-state index is 0.0319. The van der Waals surface area contributed by atoms with Gasteiger partial charge in [0, 0.05) is 37.5 Å². The number of carbonyl (C=O) groups is 2. The highest BCUT2D eigenvalue weighted by molar-refractivity contribution is 5.86. The van der Waals surface area contributed by atoms with Crippen LogP contribution in [0.25, 0.3) is 11.4 Å². The fourth-order valence-electron chi connectivity index (χ4n) is 4.29. The van der Waals surface area contributed by atoms with Gasteiger partial charge in [0.25, 0.3) is 0 Å². The first-order chi connectivity index (χ1) is 14.2. The molecule has 1 aliphatic heterocycles. The Labute approximate surface area is 171 Å². The third-order valence-electron chi connectivity index (χ3n) is 5.91. The first kappa shape index (κ1) is 19.6. The average Bonchev–Trinajstić information content (AvgIpc) is 3.24. The number of hydrogen-bond acceptors (Lipinski definition) is 5. The maximum atomic E-state index is 12.5. The van der Waals surface area contributed by atoms with Gasteiger partial charge in [-0.15, -0.1) is 0 Å². The Balaban J connectivity index is 1.22. The maximum absolute atomic E-state index is 12.5. The molecule has 1 saturated heterocycles.